The number of imidazole rings is 1. The minimum atomic E-state index is -0.263. The van der Waals surface area contributed by atoms with E-state index in [-0.39, 0.29) is 24.1 Å². The lowest BCUT2D eigenvalue weighted by molar-refractivity contribution is -0.117. The summed E-state index contributed by atoms with van der Waals surface area (Å²) in [6, 6.07) is 0.0806. The zero-order valence-corrected chi connectivity index (χ0v) is 14.9. The summed E-state index contributed by atoms with van der Waals surface area (Å²) in [7, 11) is 1.61. The minimum absolute atomic E-state index is 0.00215. The predicted octanol–water partition coefficient (Wildman–Crippen LogP) is -0.480. The van der Waals surface area contributed by atoms with Crippen molar-refractivity contribution in [3.05, 3.63) is 10.4 Å². The van der Waals surface area contributed by atoms with Gasteiger partial charge in [-0.2, -0.15) is 9.97 Å². The molecule has 1 saturated heterocycles. The molecule has 2 aromatic heterocycles. The van der Waals surface area contributed by atoms with Crippen molar-refractivity contribution in [3.63, 3.8) is 0 Å². The Bertz CT molecular complexity index is 1010. The standard InChI is InChI=1S/C17H21N7O2/c1-3-4-8-23-13-14(20-17(23)22-7-5-6-11(18)9-22)19-16-21(2)12(25)10-24(16)15(13)26/h11H,5-10,18H2,1-2H3. The van der Waals surface area contributed by atoms with Crippen molar-refractivity contribution in [3.8, 4) is 11.8 Å². The highest BCUT2D eigenvalue weighted by atomic mass is 16.2. The number of amides is 1. The molecule has 0 saturated carbocycles. The van der Waals surface area contributed by atoms with Crippen LogP contribution in [0.25, 0.3) is 11.2 Å². The Balaban J connectivity index is 1.93. The first-order valence-electron chi connectivity index (χ1n) is 8.69. The van der Waals surface area contributed by atoms with E-state index in [1.807, 2.05) is 0 Å². The van der Waals surface area contributed by atoms with Gasteiger partial charge in [-0.3, -0.25) is 23.6 Å². The second-order valence-corrected chi connectivity index (χ2v) is 6.70. The van der Waals surface area contributed by atoms with E-state index in [0.29, 0.717) is 36.2 Å². The molecule has 4 rings (SSSR count). The molecule has 4 heterocycles. The van der Waals surface area contributed by atoms with Crippen molar-refractivity contribution in [2.75, 3.05) is 29.9 Å². The maximum atomic E-state index is 13.0. The molecule has 0 bridgehead atoms. The van der Waals surface area contributed by atoms with E-state index in [1.165, 1.54) is 9.47 Å². The van der Waals surface area contributed by atoms with E-state index >= 15 is 0 Å². The van der Waals surface area contributed by atoms with Crippen LogP contribution in [0.5, 0.6) is 0 Å². The van der Waals surface area contributed by atoms with Crippen LogP contribution in [0.1, 0.15) is 19.8 Å². The van der Waals surface area contributed by atoms with Gasteiger partial charge in [0.2, 0.25) is 17.8 Å². The summed E-state index contributed by atoms with van der Waals surface area (Å²) in [6.45, 7) is 3.61. The van der Waals surface area contributed by atoms with Crippen molar-refractivity contribution < 1.29 is 4.79 Å². The van der Waals surface area contributed by atoms with Gasteiger partial charge in [0.15, 0.2) is 11.2 Å². The van der Waals surface area contributed by atoms with Crippen molar-refractivity contribution in [2.24, 2.45) is 5.73 Å². The van der Waals surface area contributed by atoms with E-state index < -0.39 is 0 Å². The largest absolute Gasteiger partial charge is 0.341 e. The molecular formula is C17H21N7O2. The minimum Gasteiger partial charge on any atom is -0.341 e. The average Bonchev–Trinajstić information content (AvgIpc) is 3.13. The summed E-state index contributed by atoms with van der Waals surface area (Å²) in [5.41, 5.74) is 6.58. The summed E-state index contributed by atoms with van der Waals surface area (Å²) in [5.74, 6) is 6.71. The van der Waals surface area contributed by atoms with E-state index in [9.17, 15) is 9.59 Å². The Morgan fingerprint density at radius 3 is 2.77 bits per heavy atom. The smallest absolute Gasteiger partial charge is 0.281 e. The molecule has 0 aromatic carbocycles. The number of rotatable bonds is 2. The van der Waals surface area contributed by atoms with Crippen molar-refractivity contribution >= 4 is 29.0 Å². The van der Waals surface area contributed by atoms with E-state index in [1.54, 1.807) is 18.5 Å². The molecule has 9 nitrogen and oxygen atoms in total. The topological polar surface area (TPSA) is 102 Å². The highest BCUT2D eigenvalue weighted by molar-refractivity contribution is 5.95. The van der Waals surface area contributed by atoms with Crippen LogP contribution in [0.4, 0.5) is 11.9 Å². The molecule has 1 amide bonds. The lowest BCUT2D eigenvalue weighted by Gasteiger charge is -2.31. The number of likely N-dealkylation sites (N-methyl/N-ethyl adjacent to an activating group) is 1. The number of fused-ring (bicyclic) bond motifs is 2. The zero-order valence-electron chi connectivity index (χ0n) is 14.9. The molecule has 2 aliphatic rings. The van der Waals surface area contributed by atoms with Gasteiger partial charge in [-0.1, -0.05) is 5.92 Å². The van der Waals surface area contributed by atoms with E-state index in [4.69, 9.17) is 5.73 Å². The molecule has 1 fully saturated rings. The molecule has 0 radical (unpaired) electrons. The Labute approximate surface area is 150 Å². The maximum Gasteiger partial charge on any atom is 0.281 e. The van der Waals surface area contributed by atoms with Crippen molar-refractivity contribution in [1.29, 1.82) is 0 Å². The number of carbonyl (C=O) groups excluding carboxylic acids is 1. The lowest BCUT2D eigenvalue weighted by Crippen LogP contribution is -2.44. The molecule has 0 spiro atoms. The first-order chi connectivity index (χ1) is 12.5. The van der Waals surface area contributed by atoms with Gasteiger partial charge in [-0.15, -0.1) is 5.92 Å². The van der Waals surface area contributed by atoms with Crippen LogP contribution in [0.3, 0.4) is 0 Å². The first kappa shape index (κ1) is 16.6. The Morgan fingerprint density at radius 1 is 1.27 bits per heavy atom. The predicted molar refractivity (Wildman–Crippen MR) is 98.1 cm³/mol. The fourth-order valence-corrected chi connectivity index (χ4v) is 3.58. The summed E-state index contributed by atoms with van der Waals surface area (Å²) < 4.78 is 3.20. The number of nitrogens with two attached hydrogens (primary N) is 1. The van der Waals surface area contributed by atoms with Gasteiger partial charge in [0.25, 0.3) is 5.56 Å². The van der Waals surface area contributed by atoms with Gasteiger partial charge in [0.1, 0.15) is 6.54 Å². The van der Waals surface area contributed by atoms with E-state index in [2.05, 4.69) is 26.7 Å². The molecule has 2 aliphatic heterocycles. The third kappa shape index (κ3) is 2.45. The second-order valence-electron chi connectivity index (χ2n) is 6.70. The Morgan fingerprint density at radius 2 is 2.04 bits per heavy atom. The van der Waals surface area contributed by atoms with Gasteiger partial charge in [0, 0.05) is 26.2 Å². The van der Waals surface area contributed by atoms with Crippen LogP contribution in [-0.2, 0) is 17.9 Å². The molecule has 26 heavy (non-hydrogen) atoms. The van der Waals surface area contributed by atoms with Crippen LogP contribution in [0, 0.1) is 11.8 Å². The number of aromatic nitrogens is 4. The fourth-order valence-electron chi connectivity index (χ4n) is 3.58. The van der Waals surface area contributed by atoms with E-state index in [0.717, 1.165) is 19.4 Å². The second kappa shape index (κ2) is 6.14. The molecule has 1 unspecified atom stereocenters. The SMILES string of the molecule is CC#CCn1c(N2CCCC(N)C2)nc2nc3n(c(=O)c21)CC(=O)N3C. The van der Waals surface area contributed by atoms with Crippen LogP contribution >= 0.6 is 0 Å². The van der Waals surface area contributed by atoms with Gasteiger partial charge >= 0.3 is 0 Å². The number of piperidine rings is 1. The van der Waals surface area contributed by atoms with Gasteiger partial charge in [-0.05, 0) is 19.8 Å². The number of anilines is 2. The first-order valence-corrected chi connectivity index (χ1v) is 8.69. The van der Waals surface area contributed by atoms with Crippen LogP contribution < -0.4 is 21.1 Å². The average molecular weight is 355 g/mol. The van der Waals surface area contributed by atoms with Crippen LogP contribution in [-0.4, -0.2) is 51.2 Å². The molecule has 9 heteroatoms. The third-order valence-electron chi connectivity index (χ3n) is 4.95. The molecule has 0 aliphatic carbocycles. The number of hydrogen-bond acceptors (Lipinski definition) is 6. The van der Waals surface area contributed by atoms with Gasteiger partial charge in [-0.25, -0.2) is 0 Å². The molecule has 2 aromatic rings. The summed E-state index contributed by atoms with van der Waals surface area (Å²) in [6.07, 6.45) is 1.96. The van der Waals surface area contributed by atoms with Crippen molar-refractivity contribution in [1.82, 2.24) is 19.1 Å². The summed E-state index contributed by atoms with van der Waals surface area (Å²) in [5, 5.41) is 0. The highest BCUT2D eigenvalue weighted by Gasteiger charge is 2.31. The maximum absolute atomic E-state index is 13.0. The van der Waals surface area contributed by atoms with Gasteiger partial charge in [0.05, 0.1) is 6.54 Å². The van der Waals surface area contributed by atoms with Gasteiger partial charge < -0.3 is 10.6 Å². The van der Waals surface area contributed by atoms with Crippen molar-refractivity contribution in [2.45, 2.75) is 38.9 Å². The summed E-state index contributed by atoms with van der Waals surface area (Å²) in [4.78, 5) is 37.6. The normalized spacial score (nSPS) is 19.7. The van der Waals surface area contributed by atoms with Crippen LogP contribution in [0.2, 0.25) is 0 Å². The highest BCUT2D eigenvalue weighted by Crippen LogP contribution is 2.25. The fraction of sp³-hybridized carbons (Fsp3) is 0.529. The summed E-state index contributed by atoms with van der Waals surface area (Å²) >= 11 is 0. The van der Waals surface area contributed by atoms with Crippen LogP contribution in [0.15, 0.2) is 4.79 Å². The number of hydrogen-bond donors (Lipinski definition) is 1. The molecule has 2 N–H and O–H groups in total. The number of carbonyl (C=O) groups is 1. The molecule has 136 valence electrons. The quantitative estimate of drug-likeness (QED) is 0.730. The zero-order chi connectivity index (χ0) is 18.4. The Hall–Kier alpha value is -2.86. The third-order valence-corrected chi connectivity index (χ3v) is 4.95. The lowest BCUT2D eigenvalue weighted by atomic mass is 10.1. The molecular weight excluding hydrogens is 334 g/mol. The number of nitrogens with zero attached hydrogens (tertiary/aromatic N) is 6. The Kier molecular flexibility index (Phi) is 3.92. The molecule has 1 atom stereocenters. The monoisotopic (exact) mass is 355 g/mol.